The Balaban J connectivity index is 2.05. The minimum atomic E-state index is -0.249. The number of aryl methyl sites for hydroxylation is 1. The third kappa shape index (κ3) is 4.32. The lowest BCUT2D eigenvalue weighted by atomic mass is 9.81. The van der Waals surface area contributed by atoms with Gasteiger partial charge >= 0.3 is 0 Å². The normalized spacial score (nSPS) is 15.7. The summed E-state index contributed by atoms with van der Waals surface area (Å²) in [7, 11) is 0. The number of nitriles is 1. The highest BCUT2D eigenvalue weighted by Gasteiger charge is 2.21. The summed E-state index contributed by atoms with van der Waals surface area (Å²) in [6.45, 7) is 2.20. The number of hydrogen-bond acceptors (Lipinski definition) is 1. The SMILES string of the molecule is CCCCCCCc1ccc(C2CCCCC2)c(C#N)c1F. The molecule has 0 spiro atoms. The molecular weight excluding hydrogens is 273 g/mol. The molecule has 1 aliphatic rings. The Labute approximate surface area is 134 Å². The van der Waals surface area contributed by atoms with Crippen LogP contribution < -0.4 is 0 Å². The summed E-state index contributed by atoms with van der Waals surface area (Å²) in [6, 6.07) is 6.09. The molecule has 0 N–H and O–H groups in total. The number of benzene rings is 1. The zero-order valence-electron chi connectivity index (χ0n) is 13.8. The molecular formula is C20H28FN. The van der Waals surface area contributed by atoms with Crippen LogP contribution in [0, 0.1) is 17.1 Å². The van der Waals surface area contributed by atoms with Gasteiger partial charge in [-0.25, -0.2) is 4.39 Å². The van der Waals surface area contributed by atoms with Gasteiger partial charge in [0.25, 0.3) is 0 Å². The van der Waals surface area contributed by atoms with E-state index in [1.165, 1.54) is 38.5 Å². The number of unbranched alkanes of at least 4 members (excludes halogenated alkanes) is 4. The van der Waals surface area contributed by atoms with E-state index < -0.39 is 0 Å². The predicted octanol–water partition coefficient (Wildman–Crippen LogP) is 6.26. The van der Waals surface area contributed by atoms with E-state index in [0.29, 0.717) is 11.5 Å². The number of hydrogen-bond donors (Lipinski definition) is 0. The summed E-state index contributed by atoms with van der Waals surface area (Å²) < 4.78 is 14.6. The van der Waals surface area contributed by atoms with Crippen LogP contribution in [-0.2, 0) is 6.42 Å². The number of rotatable bonds is 7. The van der Waals surface area contributed by atoms with Crippen LogP contribution in [-0.4, -0.2) is 0 Å². The second-order valence-electron chi connectivity index (χ2n) is 6.61. The average Bonchev–Trinajstić information content (AvgIpc) is 2.56. The summed E-state index contributed by atoms with van der Waals surface area (Å²) in [5.74, 6) is 0.137. The van der Waals surface area contributed by atoms with Crippen molar-refractivity contribution in [2.75, 3.05) is 0 Å². The zero-order chi connectivity index (χ0) is 15.8. The van der Waals surface area contributed by atoms with Gasteiger partial charge in [0.1, 0.15) is 11.9 Å². The van der Waals surface area contributed by atoms with Gasteiger partial charge < -0.3 is 0 Å². The highest BCUT2D eigenvalue weighted by molar-refractivity contribution is 5.44. The van der Waals surface area contributed by atoms with Crippen molar-refractivity contribution in [3.05, 3.63) is 34.6 Å². The van der Waals surface area contributed by atoms with Crippen LogP contribution in [0.4, 0.5) is 4.39 Å². The fourth-order valence-electron chi connectivity index (χ4n) is 3.61. The molecule has 0 bridgehead atoms. The zero-order valence-corrected chi connectivity index (χ0v) is 13.8. The van der Waals surface area contributed by atoms with Crippen molar-refractivity contribution in [3.63, 3.8) is 0 Å². The summed E-state index contributed by atoms with van der Waals surface area (Å²) >= 11 is 0. The van der Waals surface area contributed by atoms with Crippen LogP contribution in [0.5, 0.6) is 0 Å². The first-order chi connectivity index (χ1) is 10.8. The van der Waals surface area contributed by atoms with Crippen molar-refractivity contribution in [3.8, 4) is 6.07 Å². The fourth-order valence-corrected chi connectivity index (χ4v) is 3.61. The molecule has 1 nitrogen and oxygen atoms in total. The van der Waals surface area contributed by atoms with Crippen molar-refractivity contribution >= 4 is 0 Å². The Bertz CT molecular complexity index is 509. The van der Waals surface area contributed by atoms with Crippen molar-refractivity contribution in [1.29, 1.82) is 5.26 Å². The monoisotopic (exact) mass is 301 g/mol. The van der Waals surface area contributed by atoms with Crippen LogP contribution in [0.1, 0.15) is 93.7 Å². The van der Waals surface area contributed by atoms with Crippen molar-refractivity contribution in [2.45, 2.75) is 83.5 Å². The molecule has 120 valence electrons. The van der Waals surface area contributed by atoms with Gasteiger partial charge in [0.15, 0.2) is 0 Å². The van der Waals surface area contributed by atoms with Crippen molar-refractivity contribution < 1.29 is 4.39 Å². The van der Waals surface area contributed by atoms with E-state index >= 15 is 0 Å². The number of halogens is 1. The van der Waals surface area contributed by atoms with Crippen LogP contribution in [0.3, 0.4) is 0 Å². The first kappa shape index (κ1) is 17.0. The third-order valence-corrected chi connectivity index (χ3v) is 4.96. The Morgan fingerprint density at radius 3 is 2.50 bits per heavy atom. The standard InChI is InChI=1S/C20H28FN/c1-2-3-4-5-7-12-17-13-14-18(19(15-22)20(17)21)16-10-8-6-9-11-16/h13-14,16H,2-12H2,1H3. The van der Waals surface area contributed by atoms with E-state index in [-0.39, 0.29) is 5.82 Å². The van der Waals surface area contributed by atoms with Crippen LogP contribution in [0.2, 0.25) is 0 Å². The van der Waals surface area contributed by atoms with Gasteiger partial charge in [-0.15, -0.1) is 0 Å². The molecule has 0 amide bonds. The van der Waals surface area contributed by atoms with Crippen molar-refractivity contribution in [2.24, 2.45) is 0 Å². The van der Waals surface area contributed by atoms with E-state index in [0.717, 1.165) is 43.2 Å². The summed E-state index contributed by atoms with van der Waals surface area (Å²) in [6.07, 6.45) is 12.5. The molecule has 0 unspecified atom stereocenters. The van der Waals surface area contributed by atoms with E-state index in [2.05, 4.69) is 13.0 Å². The first-order valence-corrected chi connectivity index (χ1v) is 8.99. The quantitative estimate of drug-likeness (QED) is 0.545. The van der Waals surface area contributed by atoms with Gasteiger partial charge in [-0.1, -0.05) is 64.0 Å². The second-order valence-corrected chi connectivity index (χ2v) is 6.61. The minimum absolute atomic E-state index is 0.249. The first-order valence-electron chi connectivity index (χ1n) is 8.99. The lowest BCUT2D eigenvalue weighted by molar-refractivity contribution is 0.441. The second kappa shape index (κ2) is 8.93. The van der Waals surface area contributed by atoms with Crippen molar-refractivity contribution in [1.82, 2.24) is 0 Å². The fraction of sp³-hybridized carbons (Fsp3) is 0.650. The van der Waals surface area contributed by atoms with Crippen LogP contribution in [0.25, 0.3) is 0 Å². The molecule has 22 heavy (non-hydrogen) atoms. The maximum Gasteiger partial charge on any atom is 0.144 e. The minimum Gasteiger partial charge on any atom is -0.205 e. The van der Waals surface area contributed by atoms with E-state index in [9.17, 15) is 9.65 Å². The average molecular weight is 301 g/mol. The summed E-state index contributed by atoms with van der Waals surface area (Å²) in [5, 5.41) is 9.41. The molecule has 0 radical (unpaired) electrons. The highest BCUT2D eigenvalue weighted by atomic mass is 19.1. The van der Waals surface area contributed by atoms with Crippen LogP contribution in [0.15, 0.2) is 12.1 Å². The van der Waals surface area contributed by atoms with E-state index in [1.54, 1.807) is 0 Å². The third-order valence-electron chi connectivity index (χ3n) is 4.96. The Hall–Kier alpha value is -1.36. The molecule has 0 aliphatic heterocycles. The molecule has 1 aromatic rings. The van der Waals surface area contributed by atoms with E-state index in [1.807, 2.05) is 12.1 Å². The Kier molecular flexibility index (Phi) is 6.90. The van der Waals surface area contributed by atoms with Crippen LogP contribution >= 0.6 is 0 Å². The molecule has 0 aromatic heterocycles. The summed E-state index contributed by atoms with van der Waals surface area (Å²) in [4.78, 5) is 0. The van der Waals surface area contributed by atoms with Gasteiger partial charge in [0.05, 0.1) is 5.56 Å². The molecule has 1 aromatic carbocycles. The smallest absolute Gasteiger partial charge is 0.144 e. The number of nitrogens with zero attached hydrogens (tertiary/aromatic N) is 1. The molecule has 1 saturated carbocycles. The molecule has 1 aliphatic carbocycles. The van der Waals surface area contributed by atoms with Gasteiger partial charge in [-0.2, -0.15) is 5.26 Å². The molecule has 0 saturated heterocycles. The lowest BCUT2D eigenvalue weighted by Gasteiger charge is -2.23. The Morgan fingerprint density at radius 1 is 1.09 bits per heavy atom. The molecule has 2 rings (SSSR count). The Morgan fingerprint density at radius 2 is 1.82 bits per heavy atom. The van der Waals surface area contributed by atoms with Gasteiger partial charge in [0, 0.05) is 0 Å². The maximum absolute atomic E-state index is 14.6. The predicted molar refractivity (Wildman–Crippen MR) is 89.4 cm³/mol. The molecule has 0 heterocycles. The van der Waals surface area contributed by atoms with Gasteiger partial charge in [-0.3, -0.25) is 0 Å². The van der Waals surface area contributed by atoms with Gasteiger partial charge in [0.2, 0.25) is 0 Å². The molecule has 0 atom stereocenters. The topological polar surface area (TPSA) is 23.8 Å². The highest BCUT2D eigenvalue weighted by Crippen LogP contribution is 2.35. The molecule has 1 fully saturated rings. The molecule has 2 heteroatoms. The summed E-state index contributed by atoms with van der Waals surface area (Å²) in [5.41, 5.74) is 2.00. The lowest BCUT2D eigenvalue weighted by Crippen LogP contribution is -2.09. The largest absolute Gasteiger partial charge is 0.205 e. The maximum atomic E-state index is 14.6. The van der Waals surface area contributed by atoms with E-state index in [4.69, 9.17) is 0 Å². The van der Waals surface area contributed by atoms with Gasteiger partial charge in [-0.05, 0) is 42.7 Å².